The van der Waals surface area contributed by atoms with Crippen LogP contribution in [0.5, 0.6) is 0 Å². The van der Waals surface area contributed by atoms with Crippen LogP contribution in [0.3, 0.4) is 0 Å². The van der Waals surface area contributed by atoms with Gasteiger partial charge in [0.2, 0.25) is 5.69 Å². The van der Waals surface area contributed by atoms with E-state index in [2.05, 4.69) is 22.2 Å². The van der Waals surface area contributed by atoms with Crippen molar-refractivity contribution in [1.82, 2.24) is 9.78 Å². The van der Waals surface area contributed by atoms with Gasteiger partial charge >= 0.3 is 0 Å². The summed E-state index contributed by atoms with van der Waals surface area (Å²) < 4.78 is 1.55. The number of hydrogen-bond acceptors (Lipinski definition) is 2. The summed E-state index contributed by atoms with van der Waals surface area (Å²) in [5.74, 6) is 0. The van der Waals surface area contributed by atoms with Crippen LogP contribution in [0.2, 0.25) is 0 Å². The lowest BCUT2D eigenvalue weighted by atomic mass is 10.0. The Labute approximate surface area is 157 Å². The van der Waals surface area contributed by atoms with Gasteiger partial charge in [0.05, 0.1) is 11.1 Å². The fourth-order valence-corrected chi connectivity index (χ4v) is 3.02. The van der Waals surface area contributed by atoms with Crippen LogP contribution < -0.4 is 23.0 Å². The first-order chi connectivity index (χ1) is 12.3. The third-order valence-electron chi connectivity index (χ3n) is 4.25. The van der Waals surface area contributed by atoms with Gasteiger partial charge in [-0.05, 0) is 11.6 Å². The minimum Gasteiger partial charge on any atom is -1.00 e. The molecule has 26 heavy (non-hydrogen) atoms. The first-order valence-electron chi connectivity index (χ1n) is 8.29. The fourth-order valence-electron chi connectivity index (χ4n) is 3.02. The van der Waals surface area contributed by atoms with E-state index >= 15 is 0 Å². The van der Waals surface area contributed by atoms with Crippen LogP contribution in [0.1, 0.15) is 17.0 Å². The molecule has 2 aromatic carbocycles. The molecular formula is C21H18ClN3O. The Hall–Kier alpha value is -2.98. The lowest BCUT2D eigenvalue weighted by Gasteiger charge is -2.10. The van der Waals surface area contributed by atoms with Crippen LogP contribution in [0, 0.1) is 0 Å². The molecule has 2 aromatic heterocycles. The molecule has 0 aliphatic rings. The molecule has 4 aromatic rings. The monoisotopic (exact) mass is 363 g/mol. The predicted octanol–water partition coefficient (Wildman–Crippen LogP) is -0.146. The van der Waals surface area contributed by atoms with Crippen molar-refractivity contribution in [3.05, 3.63) is 106 Å². The highest BCUT2D eigenvalue weighted by atomic mass is 35.5. The average molecular weight is 364 g/mol. The van der Waals surface area contributed by atoms with Crippen LogP contribution in [0.25, 0.3) is 10.8 Å². The van der Waals surface area contributed by atoms with E-state index in [0.717, 1.165) is 16.8 Å². The van der Waals surface area contributed by atoms with Crippen LogP contribution in [-0.4, -0.2) is 9.78 Å². The molecule has 0 fully saturated rings. The zero-order chi connectivity index (χ0) is 17.1. The summed E-state index contributed by atoms with van der Waals surface area (Å²) in [6, 6.07) is 23.7. The van der Waals surface area contributed by atoms with Gasteiger partial charge in [0.1, 0.15) is 6.54 Å². The zero-order valence-corrected chi connectivity index (χ0v) is 14.9. The minimum atomic E-state index is -0.0651. The first-order valence-corrected chi connectivity index (χ1v) is 8.29. The van der Waals surface area contributed by atoms with E-state index in [-0.39, 0.29) is 18.0 Å². The minimum absolute atomic E-state index is 0. The number of pyridine rings is 1. The number of H-pyrrole nitrogens is 1. The Bertz CT molecular complexity index is 1060. The number of benzene rings is 2. The van der Waals surface area contributed by atoms with Crippen LogP contribution in [-0.2, 0) is 13.0 Å². The molecule has 0 bridgehead atoms. The van der Waals surface area contributed by atoms with Crippen LogP contribution >= 0.6 is 0 Å². The number of fused-ring (bicyclic) bond motifs is 1. The van der Waals surface area contributed by atoms with Crippen LogP contribution in [0.4, 0.5) is 0 Å². The van der Waals surface area contributed by atoms with Gasteiger partial charge in [0.15, 0.2) is 6.20 Å². The number of nitrogens with zero attached hydrogens (tertiary/aromatic N) is 2. The predicted molar refractivity (Wildman–Crippen MR) is 97.4 cm³/mol. The maximum Gasteiger partial charge on any atom is 0.275 e. The van der Waals surface area contributed by atoms with Crippen molar-refractivity contribution in [2.45, 2.75) is 13.0 Å². The van der Waals surface area contributed by atoms with Crippen LogP contribution in [0.15, 0.2) is 83.8 Å². The van der Waals surface area contributed by atoms with Gasteiger partial charge in [-0.1, -0.05) is 54.6 Å². The third-order valence-corrected chi connectivity index (χ3v) is 4.25. The van der Waals surface area contributed by atoms with Gasteiger partial charge in [-0.15, -0.1) is 0 Å². The zero-order valence-electron chi connectivity index (χ0n) is 14.1. The quantitative estimate of drug-likeness (QED) is 0.506. The van der Waals surface area contributed by atoms with Crippen molar-refractivity contribution in [2.75, 3.05) is 0 Å². The Kier molecular flexibility index (Phi) is 5.44. The second kappa shape index (κ2) is 7.93. The highest BCUT2D eigenvalue weighted by Crippen LogP contribution is 2.17. The highest BCUT2D eigenvalue weighted by Gasteiger charge is 2.12. The maximum atomic E-state index is 12.8. The second-order valence-corrected chi connectivity index (χ2v) is 6.01. The lowest BCUT2D eigenvalue weighted by molar-refractivity contribution is -0.391. The molecule has 4 nitrogen and oxygen atoms in total. The van der Waals surface area contributed by atoms with Crippen molar-refractivity contribution in [1.29, 1.82) is 0 Å². The van der Waals surface area contributed by atoms with Gasteiger partial charge in [0, 0.05) is 23.9 Å². The molecule has 0 radical (unpaired) electrons. The summed E-state index contributed by atoms with van der Waals surface area (Å²) in [7, 11) is 0. The van der Waals surface area contributed by atoms with Crippen molar-refractivity contribution < 1.29 is 17.4 Å². The molecule has 0 saturated heterocycles. The largest absolute Gasteiger partial charge is 1.00 e. The highest BCUT2D eigenvalue weighted by molar-refractivity contribution is 5.83. The molecule has 0 aliphatic heterocycles. The third kappa shape index (κ3) is 3.65. The van der Waals surface area contributed by atoms with E-state index in [1.165, 1.54) is 5.56 Å². The number of hydrogen-bond donors (Lipinski definition) is 0. The van der Waals surface area contributed by atoms with E-state index in [4.69, 9.17) is 0 Å². The van der Waals surface area contributed by atoms with Gasteiger partial charge in [-0.25, -0.2) is 9.67 Å². The number of halogens is 1. The van der Waals surface area contributed by atoms with Gasteiger partial charge in [-0.3, -0.25) is 4.79 Å². The number of nitrogens with one attached hydrogen (secondary N) is 1. The molecular weight excluding hydrogens is 346 g/mol. The molecule has 0 atom stereocenters. The van der Waals surface area contributed by atoms with E-state index < -0.39 is 0 Å². The first kappa shape index (κ1) is 17.8. The van der Waals surface area contributed by atoms with Crippen molar-refractivity contribution >= 4 is 10.8 Å². The fraction of sp³-hybridized carbons (Fsp3) is 0.0952. The average Bonchev–Trinajstić information content (AvgIpc) is 2.67. The maximum absolute atomic E-state index is 12.8. The summed E-state index contributed by atoms with van der Waals surface area (Å²) >= 11 is 0. The molecule has 5 heteroatoms. The Balaban J connectivity index is 0.00000196. The molecule has 0 saturated carbocycles. The molecule has 0 amide bonds. The lowest BCUT2D eigenvalue weighted by Crippen LogP contribution is -3.00. The summed E-state index contributed by atoms with van der Waals surface area (Å²) in [4.78, 5) is 16.0. The Morgan fingerprint density at radius 1 is 0.846 bits per heavy atom. The van der Waals surface area contributed by atoms with E-state index in [0.29, 0.717) is 18.4 Å². The smallest absolute Gasteiger partial charge is 0.275 e. The van der Waals surface area contributed by atoms with Gasteiger partial charge in [0.25, 0.3) is 5.56 Å². The normalized spacial score (nSPS) is 10.5. The molecule has 0 unspecified atom stereocenters. The number of rotatable bonds is 4. The Morgan fingerprint density at radius 3 is 2.27 bits per heavy atom. The summed E-state index contributed by atoms with van der Waals surface area (Å²) in [6.07, 6.45) is 2.55. The van der Waals surface area contributed by atoms with E-state index in [9.17, 15) is 4.79 Å². The van der Waals surface area contributed by atoms with Crippen molar-refractivity contribution in [3.63, 3.8) is 0 Å². The molecule has 0 aliphatic carbocycles. The van der Waals surface area contributed by atoms with Crippen molar-refractivity contribution in [3.8, 4) is 0 Å². The topological polar surface area (TPSA) is 49.0 Å². The number of aromatic nitrogens is 3. The van der Waals surface area contributed by atoms with E-state index in [1.807, 2.05) is 66.9 Å². The van der Waals surface area contributed by atoms with Gasteiger partial charge in [-0.2, -0.15) is 5.10 Å². The molecule has 0 spiro atoms. The standard InChI is InChI=1S/C21H17N3O.ClH/c25-21-19-12-5-4-11-18(19)20(14-16-8-2-1-3-9-16)23-24(21)15-17-10-6-7-13-22-17;/h1-13H,14-15H2;1H. The SMILES string of the molecule is O=c1c2ccccc2c(Cc2ccccc2)nn1Cc1cccc[nH+]1.[Cl-]. The second-order valence-electron chi connectivity index (χ2n) is 6.01. The molecule has 1 N–H and O–H groups in total. The van der Waals surface area contributed by atoms with Gasteiger partial charge < -0.3 is 12.4 Å². The summed E-state index contributed by atoms with van der Waals surface area (Å²) in [5, 5.41) is 6.30. The molecule has 4 rings (SSSR count). The van der Waals surface area contributed by atoms with E-state index in [1.54, 1.807) is 4.68 Å². The summed E-state index contributed by atoms with van der Waals surface area (Å²) in [5.41, 5.74) is 2.97. The molecule has 130 valence electrons. The number of aromatic amines is 1. The Morgan fingerprint density at radius 2 is 1.54 bits per heavy atom. The summed E-state index contributed by atoms with van der Waals surface area (Å²) in [6.45, 7) is 0.423. The van der Waals surface area contributed by atoms with Crippen molar-refractivity contribution in [2.24, 2.45) is 0 Å². The molecule has 2 heterocycles.